The first-order chi connectivity index (χ1) is 8.52. The van der Waals surface area contributed by atoms with Gasteiger partial charge in [0.15, 0.2) is 0 Å². The summed E-state index contributed by atoms with van der Waals surface area (Å²) < 4.78 is 0. The van der Waals surface area contributed by atoms with Crippen LogP contribution in [0, 0.1) is 0 Å². The van der Waals surface area contributed by atoms with Gasteiger partial charge in [-0.15, -0.1) is 0 Å². The number of anilines is 1. The Morgan fingerprint density at radius 3 is 2.39 bits per heavy atom. The van der Waals surface area contributed by atoms with Gasteiger partial charge in [0.05, 0.1) is 6.42 Å². The molecule has 0 heterocycles. The number of rotatable bonds is 5. The lowest BCUT2D eigenvalue weighted by Gasteiger charge is -2.06. The molecule has 0 aliphatic carbocycles. The van der Waals surface area contributed by atoms with Crippen molar-refractivity contribution in [1.29, 1.82) is 0 Å². The van der Waals surface area contributed by atoms with E-state index in [4.69, 9.17) is 5.11 Å². The monoisotopic (exact) mass is 247 g/mol. The molecule has 0 saturated carbocycles. The number of carbonyl (C=O) groups is 2. The molecule has 0 fully saturated rings. The van der Waals surface area contributed by atoms with E-state index in [0.717, 1.165) is 6.42 Å². The summed E-state index contributed by atoms with van der Waals surface area (Å²) >= 11 is 0. The van der Waals surface area contributed by atoms with Gasteiger partial charge in [0.25, 0.3) is 5.91 Å². The SMILES string of the molecule is CC/C=C(\C)C(=O)Nc1ccc(CC(=O)O)cc1. The Labute approximate surface area is 106 Å². The van der Waals surface area contributed by atoms with E-state index < -0.39 is 5.97 Å². The van der Waals surface area contributed by atoms with Gasteiger partial charge in [-0.05, 0) is 31.0 Å². The van der Waals surface area contributed by atoms with Crippen LogP contribution in [-0.2, 0) is 16.0 Å². The Hall–Kier alpha value is -2.10. The molecule has 0 atom stereocenters. The van der Waals surface area contributed by atoms with Crippen LogP contribution in [0.5, 0.6) is 0 Å². The molecule has 4 heteroatoms. The van der Waals surface area contributed by atoms with Crippen LogP contribution in [0.3, 0.4) is 0 Å². The van der Waals surface area contributed by atoms with E-state index in [2.05, 4.69) is 5.32 Å². The third-order valence-electron chi connectivity index (χ3n) is 2.44. The van der Waals surface area contributed by atoms with Crippen LogP contribution < -0.4 is 5.32 Å². The summed E-state index contributed by atoms with van der Waals surface area (Å²) in [5.41, 5.74) is 2.05. The molecule has 0 aromatic heterocycles. The number of aliphatic carboxylic acids is 1. The first kappa shape index (κ1) is 14.0. The molecule has 0 saturated heterocycles. The number of hydrogen-bond acceptors (Lipinski definition) is 2. The summed E-state index contributed by atoms with van der Waals surface area (Å²) in [6.07, 6.45) is 2.66. The first-order valence-corrected chi connectivity index (χ1v) is 5.81. The minimum atomic E-state index is -0.867. The number of nitrogens with one attached hydrogen (secondary N) is 1. The first-order valence-electron chi connectivity index (χ1n) is 5.81. The van der Waals surface area contributed by atoms with E-state index in [-0.39, 0.29) is 12.3 Å². The van der Waals surface area contributed by atoms with Gasteiger partial charge in [-0.2, -0.15) is 0 Å². The summed E-state index contributed by atoms with van der Waals surface area (Å²) in [6.45, 7) is 3.73. The zero-order valence-corrected chi connectivity index (χ0v) is 10.6. The second-order valence-electron chi connectivity index (χ2n) is 4.02. The fourth-order valence-electron chi connectivity index (χ4n) is 1.51. The third kappa shape index (κ3) is 4.41. The lowest BCUT2D eigenvalue weighted by molar-refractivity contribution is -0.136. The van der Waals surface area contributed by atoms with E-state index in [1.54, 1.807) is 31.2 Å². The highest BCUT2D eigenvalue weighted by Gasteiger charge is 2.05. The minimum Gasteiger partial charge on any atom is -0.481 e. The van der Waals surface area contributed by atoms with E-state index in [0.29, 0.717) is 16.8 Å². The molecule has 1 rings (SSSR count). The summed E-state index contributed by atoms with van der Waals surface area (Å²) in [7, 11) is 0. The van der Waals surface area contributed by atoms with Gasteiger partial charge in [-0.3, -0.25) is 9.59 Å². The van der Waals surface area contributed by atoms with Gasteiger partial charge in [0, 0.05) is 11.3 Å². The van der Waals surface area contributed by atoms with Crippen molar-refractivity contribution in [2.24, 2.45) is 0 Å². The van der Waals surface area contributed by atoms with E-state index in [1.807, 2.05) is 13.0 Å². The van der Waals surface area contributed by atoms with E-state index >= 15 is 0 Å². The van der Waals surface area contributed by atoms with Crippen LogP contribution in [0.4, 0.5) is 5.69 Å². The second-order valence-corrected chi connectivity index (χ2v) is 4.02. The number of carboxylic acids is 1. The van der Waals surface area contributed by atoms with Crippen LogP contribution in [0.25, 0.3) is 0 Å². The molecule has 0 aliphatic rings. The average molecular weight is 247 g/mol. The van der Waals surface area contributed by atoms with Gasteiger partial charge >= 0.3 is 5.97 Å². The van der Waals surface area contributed by atoms with Crippen LogP contribution in [0.1, 0.15) is 25.8 Å². The highest BCUT2D eigenvalue weighted by molar-refractivity contribution is 6.03. The van der Waals surface area contributed by atoms with Gasteiger partial charge in [0.2, 0.25) is 0 Å². The van der Waals surface area contributed by atoms with Crippen LogP contribution in [-0.4, -0.2) is 17.0 Å². The van der Waals surface area contributed by atoms with E-state index in [1.165, 1.54) is 0 Å². The van der Waals surface area contributed by atoms with Crippen LogP contribution in [0.2, 0.25) is 0 Å². The maximum absolute atomic E-state index is 11.7. The molecule has 0 unspecified atom stereocenters. The lowest BCUT2D eigenvalue weighted by Crippen LogP contribution is -2.12. The average Bonchev–Trinajstić information content (AvgIpc) is 2.31. The summed E-state index contributed by atoms with van der Waals surface area (Å²) in [5, 5.41) is 11.4. The van der Waals surface area contributed by atoms with Gasteiger partial charge < -0.3 is 10.4 Å². The van der Waals surface area contributed by atoms with Crippen molar-refractivity contribution in [2.45, 2.75) is 26.7 Å². The van der Waals surface area contributed by atoms with Crippen molar-refractivity contribution in [3.63, 3.8) is 0 Å². The molecule has 1 amide bonds. The van der Waals surface area contributed by atoms with Crippen molar-refractivity contribution in [3.8, 4) is 0 Å². The molecular formula is C14H17NO3. The zero-order chi connectivity index (χ0) is 13.5. The Morgan fingerprint density at radius 1 is 1.28 bits per heavy atom. The van der Waals surface area contributed by atoms with Gasteiger partial charge in [-0.25, -0.2) is 0 Å². The highest BCUT2D eigenvalue weighted by Crippen LogP contribution is 2.11. The molecule has 18 heavy (non-hydrogen) atoms. The second kappa shape index (κ2) is 6.59. The quantitative estimate of drug-likeness (QED) is 0.786. The minimum absolute atomic E-state index is 0.0109. The predicted octanol–water partition coefficient (Wildman–Crippen LogP) is 2.61. The smallest absolute Gasteiger partial charge is 0.307 e. The van der Waals surface area contributed by atoms with Crippen molar-refractivity contribution < 1.29 is 14.7 Å². The lowest BCUT2D eigenvalue weighted by atomic mass is 10.1. The Bertz CT molecular complexity index is 460. The van der Waals surface area contributed by atoms with Gasteiger partial charge in [0.1, 0.15) is 0 Å². The van der Waals surface area contributed by atoms with Crippen LogP contribution in [0.15, 0.2) is 35.9 Å². The highest BCUT2D eigenvalue weighted by atomic mass is 16.4. The number of carboxylic acid groups (broad SMARTS) is 1. The molecular weight excluding hydrogens is 230 g/mol. The number of carbonyl (C=O) groups excluding carboxylic acids is 1. The number of allylic oxidation sites excluding steroid dienone is 1. The number of amides is 1. The topological polar surface area (TPSA) is 66.4 Å². The molecule has 0 aliphatic heterocycles. The Balaban J connectivity index is 2.66. The number of benzene rings is 1. The van der Waals surface area contributed by atoms with Crippen molar-refractivity contribution >= 4 is 17.6 Å². The summed E-state index contributed by atoms with van der Waals surface area (Å²) in [4.78, 5) is 22.2. The van der Waals surface area contributed by atoms with Gasteiger partial charge in [-0.1, -0.05) is 25.1 Å². The molecule has 2 N–H and O–H groups in total. The molecule has 1 aromatic carbocycles. The third-order valence-corrected chi connectivity index (χ3v) is 2.44. The molecule has 96 valence electrons. The van der Waals surface area contributed by atoms with Crippen molar-refractivity contribution in [2.75, 3.05) is 5.32 Å². The summed E-state index contributed by atoms with van der Waals surface area (Å²) in [5.74, 6) is -1.00. The largest absolute Gasteiger partial charge is 0.481 e. The fraction of sp³-hybridized carbons (Fsp3) is 0.286. The maximum atomic E-state index is 11.7. The molecule has 1 aromatic rings. The molecule has 0 spiro atoms. The molecule has 0 bridgehead atoms. The molecule has 0 radical (unpaired) electrons. The molecule has 4 nitrogen and oxygen atoms in total. The predicted molar refractivity (Wildman–Crippen MR) is 70.5 cm³/mol. The summed E-state index contributed by atoms with van der Waals surface area (Å²) in [6, 6.07) is 6.80. The Morgan fingerprint density at radius 2 is 1.89 bits per heavy atom. The maximum Gasteiger partial charge on any atom is 0.307 e. The fourth-order valence-corrected chi connectivity index (χ4v) is 1.51. The standard InChI is InChI=1S/C14H17NO3/c1-3-4-10(2)14(18)15-12-7-5-11(6-8-12)9-13(16)17/h4-8H,3,9H2,1-2H3,(H,15,18)(H,16,17)/b10-4+. The van der Waals surface area contributed by atoms with Crippen molar-refractivity contribution in [1.82, 2.24) is 0 Å². The normalized spacial score (nSPS) is 11.1. The zero-order valence-electron chi connectivity index (χ0n) is 10.6. The Kier molecular flexibility index (Phi) is 5.11. The number of hydrogen-bond donors (Lipinski definition) is 2. The van der Waals surface area contributed by atoms with Crippen molar-refractivity contribution in [3.05, 3.63) is 41.5 Å². The van der Waals surface area contributed by atoms with Crippen LogP contribution >= 0.6 is 0 Å². The van der Waals surface area contributed by atoms with E-state index in [9.17, 15) is 9.59 Å².